The minimum atomic E-state index is -5.00. The average molecular weight is 1530 g/mol. The lowest BCUT2D eigenvalue weighted by Gasteiger charge is -2.21. The van der Waals surface area contributed by atoms with Crippen LogP contribution in [0.25, 0.3) is 0 Å². The zero-order valence-electron chi connectivity index (χ0n) is 66.8. The van der Waals surface area contributed by atoms with E-state index < -0.39 is 97.5 Å². The van der Waals surface area contributed by atoms with Crippen LogP contribution in [0.4, 0.5) is 0 Å². The molecular formula is C87H150O17P2. The monoisotopic (exact) mass is 1530 g/mol. The number of esters is 4. The van der Waals surface area contributed by atoms with Crippen LogP contribution in [0.15, 0.2) is 122 Å². The van der Waals surface area contributed by atoms with E-state index in [2.05, 4.69) is 131 Å². The number of phosphoric acid groups is 2. The molecule has 0 aromatic rings. The van der Waals surface area contributed by atoms with E-state index in [9.17, 15) is 43.2 Å². The molecule has 0 aliphatic carbocycles. The number of rotatable bonds is 78. The largest absolute Gasteiger partial charge is 0.472 e. The minimum Gasteiger partial charge on any atom is -0.462 e. The summed E-state index contributed by atoms with van der Waals surface area (Å²) < 4.78 is 68.6. The summed E-state index contributed by atoms with van der Waals surface area (Å²) in [6, 6.07) is 0. The molecule has 2 unspecified atom stereocenters. The zero-order valence-corrected chi connectivity index (χ0v) is 68.6. The van der Waals surface area contributed by atoms with Crippen LogP contribution in [-0.2, 0) is 65.4 Å². The van der Waals surface area contributed by atoms with Crippen LogP contribution in [0.2, 0.25) is 0 Å². The van der Waals surface area contributed by atoms with Crippen LogP contribution in [0.5, 0.6) is 0 Å². The van der Waals surface area contributed by atoms with Gasteiger partial charge in [0.2, 0.25) is 0 Å². The predicted octanol–water partition coefficient (Wildman–Crippen LogP) is 24.7. The van der Waals surface area contributed by atoms with Crippen LogP contribution in [0, 0.1) is 0 Å². The Labute approximate surface area is 644 Å². The van der Waals surface area contributed by atoms with E-state index >= 15 is 0 Å². The first kappa shape index (κ1) is 101. The van der Waals surface area contributed by atoms with E-state index in [1.165, 1.54) is 141 Å². The fraction of sp³-hybridized carbons (Fsp3) is 0.724. The van der Waals surface area contributed by atoms with Crippen molar-refractivity contribution in [2.24, 2.45) is 0 Å². The normalized spacial score (nSPS) is 14.4. The highest BCUT2D eigenvalue weighted by molar-refractivity contribution is 7.47. The molecule has 0 aromatic carbocycles. The molecule has 0 radical (unpaired) electrons. The second-order valence-corrected chi connectivity index (χ2v) is 30.6. The van der Waals surface area contributed by atoms with Gasteiger partial charge in [-0.1, -0.05) is 335 Å². The van der Waals surface area contributed by atoms with E-state index in [-0.39, 0.29) is 25.7 Å². The second-order valence-electron chi connectivity index (χ2n) is 27.7. The van der Waals surface area contributed by atoms with Gasteiger partial charge in [0.25, 0.3) is 0 Å². The van der Waals surface area contributed by atoms with Crippen molar-refractivity contribution in [3.8, 4) is 0 Å². The van der Waals surface area contributed by atoms with Crippen molar-refractivity contribution in [1.29, 1.82) is 0 Å². The summed E-state index contributed by atoms with van der Waals surface area (Å²) in [4.78, 5) is 73.1. The summed E-state index contributed by atoms with van der Waals surface area (Å²) >= 11 is 0. The molecule has 0 amide bonds. The van der Waals surface area contributed by atoms with E-state index in [4.69, 9.17) is 37.0 Å². The molecular weight excluding hydrogens is 1380 g/mol. The number of allylic oxidation sites excluding steroid dienone is 20. The topological polar surface area (TPSA) is 237 Å². The highest BCUT2D eigenvalue weighted by atomic mass is 31.2. The highest BCUT2D eigenvalue weighted by Gasteiger charge is 2.30. The van der Waals surface area contributed by atoms with Crippen LogP contribution in [0.1, 0.15) is 349 Å². The summed E-state index contributed by atoms with van der Waals surface area (Å²) in [6.07, 6.45) is 87.5. The molecule has 610 valence electrons. The van der Waals surface area contributed by atoms with Crippen LogP contribution in [-0.4, -0.2) is 96.7 Å². The lowest BCUT2D eigenvalue weighted by Crippen LogP contribution is -2.30. The predicted molar refractivity (Wildman–Crippen MR) is 436 cm³/mol. The van der Waals surface area contributed by atoms with Gasteiger partial charge >= 0.3 is 39.5 Å². The van der Waals surface area contributed by atoms with Crippen molar-refractivity contribution in [2.75, 3.05) is 39.6 Å². The number of aliphatic hydroxyl groups excluding tert-OH is 1. The molecule has 0 spiro atoms. The number of aliphatic hydroxyl groups is 1. The zero-order chi connectivity index (χ0) is 77.4. The fourth-order valence-electron chi connectivity index (χ4n) is 11.1. The standard InChI is InChI=1S/C87H150O17P2/c1-5-9-13-17-21-25-29-33-36-38-40-42-45-49-52-56-60-64-68-72-85(90)98-77-82(103-86(91)73-69-65-61-57-53-47-32-28-24-20-16-12-8-4)79-101-105(93,94)99-75-81(88)76-100-106(95,96)102-80-83(78-97-84(89)71-67-63-59-55-51-48-44-35-31-27-23-19-15-11-7-3)104-87(92)74-70-66-62-58-54-50-46-43-41-39-37-34-30-26-22-18-14-10-6-2/h9,13,21-22,25-26,33-34,36-37,40-43,49-50,52,54,62,66,81-83,88H,5-8,10-12,14-20,23-24,27-32,35,38-39,44-48,51,53,55-61,63-65,67-80H2,1-4H3,(H,93,94)(H,95,96)/b13-9-,25-21-,26-22-,36-33-,37-34-,42-40-,43-41-,52-49-,54-50-,66-62-/t81-,82-,83-/m1/s1. The maximum atomic E-state index is 13.1. The van der Waals surface area contributed by atoms with Crippen molar-refractivity contribution in [3.05, 3.63) is 122 Å². The summed E-state index contributed by atoms with van der Waals surface area (Å²) in [7, 11) is -9.99. The summed E-state index contributed by atoms with van der Waals surface area (Å²) in [5, 5.41) is 10.7. The second kappa shape index (κ2) is 78.6. The van der Waals surface area contributed by atoms with Crippen LogP contribution < -0.4 is 0 Å². The molecule has 0 aliphatic rings. The van der Waals surface area contributed by atoms with Gasteiger partial charge < -0.3 is 33.8 Å². The number of ether oxygens (including phenoxy) is 4. The first-order chi connectivity index (χ1) is 51.7. The van der Waals surface area contributed by atoms with E-state index in [0.29, 0.717) is 32.1 Å². The average Bonchev–Trinajstić information content (AvgIpc) is 0.899. The number of phosphoric ester groups is 2. The molecule has 106 heavy (non-hydrogen) atoms. The third-order valence-corrected chi connectivity index (χ3v) is 19.4. The van der Waals surface area contributed by atoms with E-state index in [1.807, 2.05) is 18.2 Å². The van der Waals surface area contributed by atoms with Gasteiger partial charge in [-0.05, 0) is 109 Å². The lowest BCUT2D eigenvalue weighted by atomic mass is 10.0. The molecule has 0 aliphatic heterocycles. The van der Waals surface area contributed by atoms with Gasteiger partial charge in [0, 0.05) is 25.7 Å². The highest BCUT2D eigenvalue weighted by Crippen LogP contribution is 2.45. The Balaban J connectivity index is 5.43. The number of hydrogen-bond acceptors (Lipinski definition) is 15. The number of carbonyl (C=O) groups is 4. The Hall–Kier alpha value is -4.54. The van der Waals surface area contributed by atoms with Gasteiger partial charge in [0.05, 0.1) is 26.4 Å². The Morgan fingerprint density at radius 1 is 0.274 bits per heavy atom. The molecule has 17 nitrogen and oxygen atoms in total. The van der Waals surface area contributed by atoms with Crippen molar-refractivity contribution in [3.63, 3.8) is 0 Å². The van der Waals surface area contributed by atoms with E-state index in [1.54, 1.807) is 0 Å². The summed E-state index contributed by atoms with van der Waals surface area (Å²) in [5.74, 6) is -2.29. The van der Waals surface area contributed by atoms with Crippen LogP contribution >= 0.6 is 15.6 Å². The van der Waals surface area contributed by atoms with Crippen molar-refractivity contribution < 1.29 is 80.2 Å². The molecule has 3 N–H and O–H groups in total. The number of hydrogen-bond donors (Lipinski definition) is 3. The molecule has 5 atom stereocenters. The SMILES string of the molecule is CC/C=C\C/C=C\C/C=C\C/C=C\C/C=C\CCCCCC(=O)OC[C@H](COP(=O)(O)OC[C@@H](O)COP(=O)(O)OC[C@@H](COC(=O)CCCCCCCCCCCCCCCCC)OC(=O)CC/C=C\C/C=C\C/C=C\C/C=C\C/C=C\CCCCC)OC(=O)CCCCCCCCCCCCCCC. The molecule has 0 rings (SSSR count). The number of unbranched alkanes of at least 4 members (excludes halogenated alkanes) is 32. The van der Waals surface area contributed by atoms with Crippen molar-refractivity contribution >= 4 is 39.5 Å². The van der Waals surface area contributed by atoms with Gasteiger partial charge in [0.15, 0.2) is 12.2 Å². The van der Waals surface area contributed by atoms with Gasteiger partial charge in [0.1, 0.15) is 19.3 Å². The first-order valence-electron chi connectivity index (χ1n) is 41.8. The fourth-order valence-corrected chi connectivity index (χ4v) is 12.7. The Bertz CT molecular complexity index is 2480. The molecule has 19 heteroatoms. The van der Waals surface area contributed by atoms with Gasteiger partial charge in [-0.2, -0.15) is 0 Å². The Morgan fingerprint density at radius 2 is 0.509 bits per heavy atom. The Morgan fingerprint density at radius 3 is 0.830 bits per heavy atom. The van der Waals surface area contributed by atoms with Crippen molar-refractivity contribution in [1.82, 2.24) is 0 Å². The first-order valence-corrected chi connectivity index (χ1v) is 44.8. The molecule has 0 bridgehead atoms. The summed E-state index contributed by atoms with van der Waals surface area (Å²) in [6.45, 7) is 4.66. The van der Waals surface area contributed by atoms with Crippen molar-refractivity contribution in [2.45, 2.75) is 367 Å². The van der Waals surface area contributed by atoms with Gasteiger partial charge in [-0.3, -0.25) is 37.3 Å². The maximum absolute atomic E-state index is 13.1. The maximum Gasteiger partial charge on any atom is 0.472 e. The summed E-state index contributed by atoms with van der Waals surface area (Å²) in [5.41, 5.74) is 0. The smallest absolute Gasteiger partial charge is 0.462 e. The molecule has 0 heterocycles. The molecule has 0 aromatic heterocycles. The third-order valence-electron chi connectivity index (χ3n) is 17.5. The minimum absolute atomic E-state index is 0.0281. The molecule has 0 saturated carbocycles. The van der Waals surface area contributed by atoms with E-state index in [0.717, 1.165) is 122 Å². The lowest BCUT2D eigenvalue weighted by molar-refractivity contribution is -0.161. The quantitative estimate of drug-likeness (QED) is 0.0169. The van der Waals surface area contributed by atoms with Gasteiger partial charge in [-0.15, -0.1) is 0 Å². The third kappa shape index (κ3) is 77.6. The van der Waals surface area contributed by atoms with Crippen LogP contribution in [0.3, 0.4) is 0 Å². The number of carbonyl (C=O) groups excluding carboxylic acids is 4. The van der Waals surface area contributed by atoms with Gasteiger partial charge in [-0.25, -0.2) is 9.13 Å². The Kier molecular flexibility index (Phi) is 75.2. The molecule has 0 saturated heterocycles. The molecule has 0 fully saturated rings.